The van der Waals surface area contributed by atoms with E-state index in [9.17, 15) is 0 Å². The van der Waals surface area contributed by atoms with Gasteiger partial charge in [-0.05, 0) is 43.6 Å². The van der Waals surface area contributed by atoms with Crippen LogP contribution in [0.4, 0.5) is 0 Å². The Bertz CT molecular complexity index is 240. The van der Waals surface area contributed by atoms with Gasteiger partial charge in [-0.15, -0.1) is 0 Å². The fourth-order valence-electron chi connectivity index (χ4n) is 2.85. The van der Waals surface area contributed by atoms with Gasteiger partial charge in [0, 0.05) is 25.2 Å². The number of hydrogen-bond donors (Lipinski definition) is 1. The van der Waals surface area contributed by atoms with E-state index in [-0.39, 0.29) is 0 Å². The molecule has 0 aromatic heterocycles. The van der Waals surface area contributed by atoms with E-state index in [4.69, 9.17) is 0 Å². The topological polar surface area (TPSA) is 15.3 Å². The minimum atomic E-state index is 0.473. The van der Waals surface area contributed by atoms with Crippen molar-refractivity contribution in [3.8, 4) is 0 Å². The molecule has 2 rings (SSSR count). The average molecular weight is 238 g/mol. The Balaban J connectivity index is 1.88. The van der Waals surface area contributed by atoms with E-state index in [1.165, 1.54) is 45.3 Å². The molecule has 0 amide bonds. The second-order valence-electron chi connectivity index (χ2n) is 7.22. The summed E-state index contributed by atoms with van der Waals surface area (Å²) >= 11 is 0. The van der Waals surface area contributed by atoms with Crippen LogP contribution in [0, 0.1) is 11.3 Å². The van der Waals surface area contributed by atoms with E-state index in [0.29, 0.717) is 5.41 Å². The number of hydrogen-bond acceptors (Lipinski definition) is 2. The zero-order valence-corrected chi connectivity index (χ0v) is 12.1. The maximum absolute atomic E-state index is 3.73. The summed E-state index contributed by atoms with van der Waals surface area (Å²) in [5, 5.41) is 3.73. The molecule has 0 radical (unpaired) electrons. The SMILES string of the molecule is CCC1CN(CCC(C)(C)C)C(C2CC2)CN1. The van der Waals surface area contributed by atoms with E-state index in [0.717, 1.165) is 18.0 Å². The number of nitrogens with zero attached hydrogens (tertiary/aromatic N) is 1. The molecule has 0 aromatic carbocycles. The molecular formula is C15H30N2. The molecule has 0 bridgehead atoms. The summed E-state index contributed by atoms with van der Waals surface area (Å²) < 4.78 is 0. The third-order valence-corrected chi connectivity index (χ3v) is 4.35. The Morgan fingerprint density at radius 3 is 2.47 bits per heavy atom. The van der Waals surface area contributed by atoms with Crippen LogP contribution in [0.25, 0.3) is 0 Å². The normalized spacial score (nSPS) is 31.8. The highest BCUT2D eigenvalue weighted by Gasteiger charge is 2.38. The molecule has 1 heterocycles. The summed E-state index contributed by atoms with van der Waals surface area (Å²) in [5.74, 6) is 1.00. The van der Waals surface area contributed by atoms with Crippen LogP contribution < -0.4 is 5.32 Å². The molecule has 100 valence electrons. The third-order valence-electron chi connectivity index (χ3n) is 4.35. The monoisotopic (exact) mass is 238 g/mol. The molecule has 1 saturated heterocycles. The van der Waals surface area contributed by atoms with E-state index in [1.54, 1.807) is 0 Å². The fourth-order valence-corrected chi connectivity index (χ4v) is 2.85. The van der Waals surface area contributed by atoms with Gasteiger partial charge >= 0.3 is 0 Å². The van der Waals surface area contributed by atoms with Crippen LogP contribution in [-0.4, -0.2) is 36.6 Å². The van der Waals surface area contributed by atoms with E-state index in [1.807, 2.05) is 0 Å². The first-order valence-corrected chi connectivity index (χ1v) is 7.47. The highest BCUT2D eigenvalue weighted by Crippen LogP contribution is 2.36. The molecule has 2 nitrogen and oxygen atoms in total. The molecule has 2 fully saturated rings. The van der Waals surface area contributed by atoms with Gasteiger partial charge in [0.1, 0.15) is 0 Å². The first-order valence-electron chi connectivity index (χ1n) is 7.47. The lowest BCUT2D eigenvalue weighted by Gasteiger charge is -2.41. The van der Waals surface area contributed by atoms with Crippen LogP contribution in [0.1, 0.15) is 53.4 Å². The minimum Gasteiger partial charge on any atom is -0.311 e. The lowest BCUT2D eigenvalue weighted by atomic mass is 9.91. The number of piperazine rings is 1. The highest BCUT2D eigenvalue weighted by atomic mass is 15.2. The van der Waals surface area contributed by atoms with Gasteiger partial charge in [-0.25, -0.2) is 0 Å². The standard InChI is InChI=1S/C15H30N2/c1-5-13-11-17(9-8-15(2,3)4)14(10-16-13)12-6-7-12/h12-14,16H,5-11H2,1-4H3. The molecule has 2 aliphatic rings. The molecule has 1 aliphatic heterocycles. The van der Waals surface area contributed by atoms with Crippen LogP contribution in [0.2, 0.25) is 0 Å². The smallest absolute Gasteiger partial charge is 0.0249 e. The summed E-state index contributed by atoms with van der Waals surface area (Å²) in [6, 6.07) is 1.56. The molecule has 17 heavy (non-hydrogen) atoms. The largest absolute Gasteiger partial charge is 0.311 e. The van der Waals surface area contributed by atoms with Crippen molar-refractivity contribution in [1.29, 1.82) is 0 Å². The van der Waals surface area contributed by atoms with Crippen LogP contribution in [0.15, 0.2) is 0 Å². The molecule has 2 heteroatoms. The van der Waals surface area contributed by atoms with Crippen molar-refractivity contribution in [1.82, 2.24) is 10.2 Å². The minimum absolute atomic E-state index is 0.473. The number of rotatable bonds is 4. The van der Waals surface area contributed by atoms with Gasteiger partial charge in [-0.2, -0.15) is 0 Å². The summed E-state index contributed by atoms with van der Waals surface area (Å²) in [6.07, 6.45) is 5.53. The number of nitrogens with one attached hydrogen (secondary N) is 1. The molecule has 2 unspecified atom stereocenters. The average Bonchev–Trinajstić information content (AvgIpc) is 3.09. The van der Waals surface area contributed by atoms with Crippen molar-refractivity contribution < 1.29 is 0 Å². The van der Waals surface area contributed by atoms with E-state index in [2.05, 4.69) is 37.9 Å². The van der Waals surface area contributed by atoms with Crippen molar-refractivity contribution in [2.75, 3.05) is 19.6 Å². The predicted molar refractivity (Wildman–Crippen MR) is 74.2 cm³/mol. The van der Waals surface area contributed by atoms with Crippen molar-refractivity contribution in [3.05, 3.63) is 0 Å². The lowest BCUT2D eigenvalue weighted by molar-refractivity contribution is 0.0996. The van der Waals surface area contributed by atoms with Crippen LogP contribution in [0.5, 0.6) is 0 Å². The van der Waals surface area contributed by atoms with Crippen molar-refractivity contribution in [2.45, 2.75) is 65.5 Å². The van der Waals surface area contributed by atoms with E-state index >= 15 is 0 Å². The quantitative estimate of drug-likeness (QED) is 0.810. The molecule has 1 aliphatic carbocycles. The first kappa shape index (κ1) is 13.4. The van der Waals surface area contributed by atoms with Gasteiger partial charge < -0.3 is 5.32 Å². The Morgan fingerprint density at radius 2 is 1.94 bits per heavy atom. The van der Waals surface area contributed by atoms with Gasteiger partial charge in [0.15, 0.2) is 0 Å². The molecule has 0 aromatic rings. The Kier molecular flexibility index (Phi) is 4.14. The van der Waals surface area contributed by atoms with Crippen molar-refractivity contribution >= 4 is 0 Å². The van der Waals surface area contributed by atoms with Gasteiger partial charge in [0.2, 0.25) is 0 Å². The van der Waals surface area contributed by atoms with Crippen LogP contribution >= 0.6 is 0 Å². The van der Waals surface area contributed by atoms with Gasteiger partial charge in [0.25, 0.3) is 0 Å². The Morgan fingerprint density at radius 1 is 1.24 bits per heavy atom. The zero-order chi connectivity index (χ0) is 12.5. The maximum atomic E-state index is 3.73. The Labute approximate surface area is 107 Å². The van der Waals surface area contributed by atoms with Gasteiger partial charge in [-0.3, -0.25) is 4.90 Å². The summed E-state index contributed by atoms with van der Waals surface area (Å²) in [7, 11) is 0. The predicted octanol–water partition coefficient (Wildman–Crippen LogP) is 2.89. The zero-order valence-electron chi connectivity index (χ0n) is 12.1. The molecule has 1 N–H and O–H groups in total. The highest BCUT2D eigenvalue weighted by molar-refractivity contribution is 4.95. The van der Waals surface area contributed by atoms with Gasteiger partial charge in [0.05, 0.1) is 0 Å². The molecule has 0 spiro atoms. The lowest BCUT2D eigenvalue weighted by Crippen LogP contribution is -2.57. The van der Waals surface area contributed by atoms with Crippen molar-refractivity contribution in [3.63, 3.8) is 0 Å². The van der Waals surface area contributed by atoms with Crippen LogP contribution in [0.3, 0.4) is 0 Å². The summed E-state index contributed by atoms with van der Waals surface area (Å²) in [4.78, 5) is 2.79. The van der Waals surface area contributed by atoms with Crippen molar-refractivity contribution in [2.24, 2.45) is 11.3 Å². The second kappa shape index (κ2) is 5.27. The molecular weight excluding hydrogens is 208 g/mol. The molecule has 1 saturated carbocycles. The summed E-state index contributed by atoms with van der Waals surface area (Å²) in [5.41, 5.74) is 0.473. The van der Waals surface area contributed by atoms with Crippen LogP contribution in [-0.2, 0) is 0 Å². The maximum Gasteiger partial charge on any atom is 0.0249 e. The fraction of sp³-hybridized carbons (Fsp3) is 1.00. The first-order chi connectivity index (χ1) is 7.99. The third kappa shape index (κ3) is 3.96. The second-order valence-corrected chi connectivity index (χ2v) is 7.22. The van der Waals surface area contributed by atoms with Gasteiger partial charge in [-0.1, -0.05) is 27.7 Å². The summed E-state index contributed by atoms with van der Waals surface area (Å²) in [6.45, 7) is 13.2. The molecule has 2 atom stereocenters. The Hall–Kier alpha value is -0.0800. The van der Waals surface area contributed by atoms with E-state index < -0.39 is 0 Å².